The molecule has 1 aliphatic heterocycles. The van der Waals surface area contributed by atoms with Gasteiger partial charge in [-0.3, -0.25) is 0 Å². The van der Waals surface area contributed by atoms with Gasteiger partial charge in [0.2, 0.25) is 0 Å². The molecule has 1 atom stereocenters. The summed E-state index contributed by atoms with van der Waals surface area (Å²) in [5, 5.41) is 2.76. The van der Waals surface area contributed by atoms with Crippen molar-refractivity contribution in [1.29, 1.82) is 0 Å². The molecular formula is C17H13NO2. The predicted octanol–water partition coefficient (Wildman–Crippen LogP) is 2.87. The Hall–Kier alpha value is -2.73. The Morgan fingerprint density at radius 1 is 1.00 bits per heavy atom. The van der Waals surface area contributed by atoms with E-state index in [9.17, 15) is 4.79 Å². The van der Waals surface area contributed by atoms with Gasteiger partial charge in [0.05, 0.1) is 6.04 Å². The summed E-state index contributed by atoms with van der Waals surface area (Å²) in [6.45, 7) is 0.369. The molecular weight excluding hydrogens is 250 g/mol. The molecule has 0 radical (unpaired) electrons. The van der Waals surface area contributed by atoms with Crippen molar-refractivity contribution in [3.63, 3.8) is 0 Å². The third kappa shape index (κ3) is 2.81. The summed E-state index contributed by atoms with van der Waals surface area (Å²) in [5.41, 5.74) is 2.92. The van der Waals surface area contributed by atoms with Crippen molar-refractivity contribution >= 4 is 6.09 Å². The average Bonchev–Trinajstić information content (AvgIpc) is 2.93. The lowest BCUT2D eigenvalue weighted by Crippen LogP contribution is -2.18. The van der Waals surface area contributed by atoms with Crippen LogP contribution in [-0.2, 0) is 4.74 Å². The van der Waals surface area contributed by atoms with Crippen LogP contribution in [0.25, 0.3) is 0 Å². The van der Waals surface area contributed by atoms with Gasteiger partial charge in [0.15, 0.2) is 0 Å². The second kappa shape index (κ2) is 5.50. The minimum absolute atomic E-state index is 0.0824. The largest absolute Gasteiger partial charge is 0.447 e. The smallest absolute Gasteiger partial charge is 0.407 e. The fourth-order valence-corrected chi connectivity index (χ4v) is 2.06. The zero-order chi connectivity index (χ0) is 13.8. The van der Waals surface area contributed by atoms with Crippen LogP contribution in [0.4, 0.5) is 4.79 Å². The van der Waals surface area contributed by atoms with Crippen LogP contribution in [0, 0.1) is 11.8 Å². The first-order chi connectivity index (χ1) is 9.81. The molecule has 1 fully saturated rings. The SMILES string of the molecule is O=C1N[C@@H](c2cccc(C#Cc3ccccc3)c2)CO1. The molecule has 0 unspecified atom stereocenters. The molecule has 1 saturated heterocycles. The zero-order valence-corrected chi connectivity index (χ0v) is 10.8. The lowest BCUT2D eigenvalue weighted by atomic mass is 10.0. The van der Waals surface area contributed by atoms with Crippen LogP contribution in [-0.4, -0.2) is 12.7 Å². The van der Waals surface area contributed by atoms with Gasteiger partial charge >= 0.3 is 6.09 Å². The molecule has 20 heavy (non-hydrogen) atoms. The van der Waals surface area contributed by atoms with Crippen LogP contribution < -0.4 is 5.32 Å². The Balaban J connectivity index is 1.82. The summed E-state index contributed by atoms with van der Waals surface area (Å²) in [6, 6.07) is 17.6. The Labute approximate surface area is 117 Å². The van der Waals surface area contributed by atoms with Crippen molar-refractivity contribution in [3.05, 3.63) is 71.3 Å². The van der Waals surface area contributed by atoms with E-state index in [4.69, 9.17) is 4.74 Å². The van der Waals surface area contributed by atoms with E-state index < -0.39 is 0 Å². The number of carbonyl (C=O) groups is 1. The van der Waals surface area contributed by atoms with Crippen LogP contribution in [0.5, 0.6) is 0 Å². The highest BCUT2D eigenvalue weighted by atomic mass is 16.6. The summed E-state index contributed by atoms with van der Waals surface area (Å²) >= 11 is 0. The van der Waals surface area contributed by atoms with Crippen LogP contribution in [0.3, 0.4) is 0 Å². The van der Waals surface area contributed by atoms with E-state index in [-0.39, 0.29) is 12.1 Å². The number of ether oxygens (including phenoxy) is 1. The number of hydrogen-bond donors (Lipinski definition) is 1. The molecule has 1 amide bonds. The topological polar surface area (TPSA) is 38.3 Å². The van der Waals surface area contributed by atoms with Gasteiger partial charge in [0.25, 0.3) is 0 Å². The minimum Gasteiger partial charge on any atom is -0.447 e. The molecule has 0 spiro atoms. The quantitative estimate of drug-likeness (QED) is 0.803. The molecule has 1 N–H and O–H groups in total. The Bertz CT molecular complexity index is 683. The van der Waals surface area contributed by atoms with E-state index in [1.54, 1.807) is 0 Å². The number of nitrogens with one attached hydrogen (secondary N) is 1. The highest BCUT2D eigenvalue weighted by molar-refractivity contribution is 5.70. The first-order valence-electron chi connectivity index (χ1n) is 6.41. The normalized spacial score (nSPS) is 16.8. The molecule has 2 aromatic rings. The Morgan fingerprint density at radius 3 is 2.50 bits per heavy atom. The van der Waals surface area contributed by atoms with Gasteiger partial charge in [-0.15, -0.1) is 0 Å². The molecule has 0 aromatic heterocycles. The van der Waals surface area contributed by atoms with E-state index in [1.807, 2.05) is 54.6 Å². The van der Waals surface area contributed by atoms with Crippen molar-refractivity contribution in [2.75, 3.05) is 6.61 Å². The summed E-state index contributed by atoms with van der Waals surface area (Å²) < 4.78 is 4.90. The van der Waals surface area contributed by atoms with Gasteiger partial charge in [0, 0.05) is 11.1 Å². The van der Waals surface area contributed by atoms with E-state index in [2.05, 4.69) is 17.2 Å². The zero-order valence-electron chi connectivity index (χ0n) is 10.8. The van der Waals surface area contributed by atoms with Gasteiger partial charge < -0.3 is 10.1 Å². The van der Waals surface area contributed by atoms with Crippen LogP contribution >= 0.6 is 0 Å². The third-order valence-corrected chi connectivity index (χ3v) is 3.09. The van der Waals surface area contributed by atoms with Crippen LogP contribution in [0.1, 0.15) is 22.7 Å². The number of carbonyl (C=O) groups excluding carboxylic acids is 1. The third-order valence-electron chi connectivity index (χ3n) is 3.09. The van der Waals surface area contributed by atoms with Gasteiger partial charge in [-0.1, -0.05) is 42.2 Å². The van der Waals surface area contributed by atoms with Crippen molar-refractivity contribution in [2.45, 2.75) is 6.04 Å². The van der Waals surface area contributed by atoms with E-state index >= 15 is 0 Å². The van der Waals surface area contributed by atoms with E-state index in [0.717, 1.165) is 16.7 Å². The second-order valence-corrected chi connectivity index (χ2v) is 4.54. The minimum atomic E-state index is -0.365. The fourth-order valence-electron chi connectivity index (χ4n) is 2.06. The molecule has 1 heterocycles. The number of rotatable bonds is 1. The number of benzene rings is 2. The summed E-state index contributed by atoms with van der Waals surface area (Å²) in [6.07, 6.45) is -0.365. The summed E-state index contributed by atoms with van der Waals surface area (Å²) in [5.74, 6) is 6.25. The molecule has 3 rings (SSSR count). The molecule has 3 nitrogen and oxygen atoms in total. The fraction of sp³-hybridized carbons (Fsp3) is 0.118. The first kappa shape index (κ1) is 12.3. The van der Waals surface area contributed by atoms with Crippen molar-refractivity contribution in [3.8, 4) is 11.8 Å². The summed E-state index contributed by atoms with van der Waals surface area (Å²) in [4.78, 5) is 11.1. The molecule has 1 aliphatic rings. The number of alkyl carbamates (subject to hydrolysis) is 1. The lowest BCUT2D eigenvalue weighted by Gasteiger charge is -2.07. The Morgan fingerprint density at radius 2 is 1.75 bits per heavy atom. The van der Waals surface area contributed by atoms with E-state index in [1.165, 1.54) is 0 Å². The molecule has 0 aliphatic carbocycles. The number of hydrogen-bond acceptors (Lipinski definition) is 2. The van der Waals surface area contributed by atoms with Gasteiger partial charge in [-0.05, 0) is 29.8 Å². The first-order valence-corrected chi connectivity index (χ1v) is 6.41. The van der Waals surface area contributed by atoms with E-state index in [0.29, 0.717) is 6.61 Å². The molecule has 2 aromatic carbocycles. The summed E-state index contributed by atoms with van der Waals surface area (Å²) in [7, 11) is 0. The predicted molar refractivity (Wildman–Crippen MR) is 76.1 cm³/mol. The van der Waals surface area contributed by atoms with Crippen molar-refractivity contribution in [2.24, 2.45) is 0 Å². The van der Waals surface area contributed by atoms with Gasteiger partial charge in [-0.2, -0.15) is 0 Å². The highest BCUT2D eigenvalue weighted by Crippen LogP contribution is 2.18. The lowest BCUT2D eigenvalue weighted by molar-refractivity contribution is 0.177. The van der Waals surface area contributed by atoms with Gasteiger partial charge in [-0.25, -0.2) is 4.79 Å². The highest BCUT2D eigenvalue weighted by Gasteiger charge is 2.23. The van der Waals surface area contributed by atoms with Crippen LogP contribution in [0.15, 0.2) is 54.6 Å². The Kier molecular flexibility index (Phi) is 3.38. The van der Waals surface area contributed by atoms with Crippen molar-refractivity contribution in [1.82, 2.24) is 5.32 Å². The maximum atomic E-state index is 11.1. The second-order valence-electron chi connectivity index (χ2n) is 4.54. The molecule has 0 saturated carbocycles. The molecule has 0 bridgehead atoms. The standard InChI is InChI=1S/C17H13NO2/c19-17-18-16(12-20-17)15-8-4-7-14(11-15)10-9-13-5-2-1-3-6-13/h1-8,11,16H,12H2,(H,18,19)/t16-/m1/s1. The molecule has 98 valence electrons. The van der Waals surface area contributed by atoms with Crippen molar-refractivity contribution < 1.29 is 9.53 Å². The average molecular weight is 263 g/mol. The maximum absolute atomic E-state index is 11.1. The number of amides is 1. The maximum Gasteiger partial charge on any atom is 0.407 e. The van der Waals surface area contributed by atoms with Gasteiger partial charge in [0.1, 0.15) is 6.61 Å². The monoisotopic (exact) mass is 263 g/mol. The number of cyclic esters (lactones) is 1. The van der Waals surface area contributed by atoms with Crippen LogP contribution in [0.2, 0.25) is 0 Å². The molecule has 3 heteroatoms.